The molecule has 0 saturated carbocycles. The zero-order valence-electron chi connectivity index (χ0n) is 13.4. The highest BCUT2D eigenvalue weighted by Gasteiger charge is 2.13. The Kier molecular flexibility index (Phi) is 3.86. The molecule has 1 aliphatic rings. The van der Waals surface area contributed by atoms with E-state index in [1.54, 1.807) is 0 Å². The highest BCUT2D eigenvalue weighted by molar-refractivity contribution is 5.94. The molecule has 4 rings (SSSR count). The first-order chi connectivity index (χ1) is 11.8. The Morgan fingerprint density at radius 1 is 1.00 bits per heavy atom. The van der Waals surface area contributed by atoms with Gasteiger partial charge >= 0.3 is 0 Å². The van der Waals surface area contributed by atoms with Gasteiger partial charge in [-0.05, 0) is 29.8 Å². The Hall–Kier alpha value is -2.90. The van der Waals surface area contributed by atoms with E-state index in [1.165, 1.54) is 0 Å². The maximum atomic E-state index is 9.16. The van der Waals surface area contributed by atoms with Crippen LogP contribution in [-0.4, -0.2) is 31.2 Å². The van der Waals surface area contributed by atoms with Crippen LogP contribution in [0.1, 0.15) is 5.56 Å². The molecule has 2 aromatic carbocycles. The van der Waals surface area contributed by atoms with Crippen LogP contribution in [0.25, 0.3) is 22.0 Å². The standard InChI is InChI=1S/C20H18N4/c21-14-15-3-1-5-17(13-15)18-6-2-4-16-7-8-19(23-20(16)18)24-11-9-22-10-12-24/h1-8,13,22H,9-12H2. The largest absolute Gasteiger partial charge is 0.354 e. The van der Waals surface area contributed by atoms with Crippen molar-refractivity contribution in [2.24, 2.45) is 0 Å². The van der Waals surface area contributed by atoms with E-state index < -0.39 is 0 Å². The highest BCUT2D eigenvalue weighted by Crippen LogP contribution is 2.29. The van der Waals surface area contributed by atoms with Crippen LogP contribution in [0, 0.1) is 11.3 Å². The Bertz CT molecular complexity index is 920. The number of para-hydroxylation sites is 1. The fourth-order valence-electron chi connectivity index (χ4n) is 3.20. The first-order valence-corrected chi connectivity index (χ1v) is 8.21. The number of hydrogen-bond donors (Lipinski definition) is 1. The molecule has 0 radical (unpaired) electrons. The van der Waals surface area contributed by atoms with Gasteiger partial charge < -0.3 is 10.2 Å². The molecule has 1 fully saturated rings. The number of anilines is 1. The maximum Gasteiger partial charge on any atom is 0.129 e. The van der Waals surface area contributed by atoms with E-state index in [0.29, 0.717) is 5.56 Å². The molecule has 1 saturated heterocycles. The molecule has 118 valence electrons. The van der Waals surface area contributed by atoms with Crippen LogP contribution in [0.2, 0.25) is 0 Å². The summed E-state index contributed by atoms with van der Waals surface area (Å²) < 4.78 is 0. The minimum absolute atomic E-state index is 0.669. The fraction of sp³-hybridized carbons (Fsp3) is 0.200. The van der Waals surface area contributed by atoms with Crippen molar-refractivity contribution < 1.29 is 0 Å². The Labute approximate surface area is 141 Å². The lowest BCUT2D eigenvalue weighted by molar-refractivity contribution is 0.585. The Morgan fingerprint density at radius 3 is 2.67 bits per heavy atom. The third-order valence-corrected chi connectivity index (χ3v) is 4.45. The van der Waals surface area contributed by atoms with E-state index in [0.717, 1.165) is 54.0 Å². The smallest absolute Gasteiger partial charge is 0.129 e. The monoisotopic (exact) mass is 314 g/mol. The molecule has 0 unspecified atom stereocenters. The lowest BCUT2D eigenvalue weighted by Gasteiger charge is -2.28. The Morgan fingerprint density at radius 2 is 1.83 bits per heavy atom. The average molecular weight is 314 g/mol. The van der Waals surface area contributed by atoms with Crippen molar-refractivity contribution in [2.45, 2.75) is 0 Å². The van der Waals surface area contributed by atoms with Gasteiger partial charge in [0.25, 0.3) is 0 Å². The number of nitrogens with zero attached hydrogens (tertiary/aromatic N) is 3. The number of aromatic nitrogens is 1. The van der Waals surface area contributed by atoms with Crippen molar-refractivity contribution in [3.8, 4) is 17.2 Å². The van der Waals surface area contributed by atoms with Crippen molar-refractivity contribution in [1.29, 1.82) is 5.26 Å². The third-order valence-electron chi connectivity index (χ3n) is 4.45. The van der Waals surface area contributed by atoms with Crippen LogP contribution in [-0.2, 0) is 0 Å². The van der Waals surface area contributed by atoms with E-state index in [4.69, 9.17) is 10.2 Å². The van der Waals surface area contributed by atoms with Gasteiger partial charge in [0, 0.05) is 37.1 Å². The summed E-state index contributed by atoms with van der Waals surface area (Å²) >= 11 is 0. The first-order valence-electron chi connectivity index (χ1n) is 8.21. The summed E-state index contributed by atoms with van der Waals surface area (Å²) in [5.74, 6) is 1.02. The molecule has 1 aromatic heterocycles. The normalized spacial score (nSPS) is 14.5. The first kappa shape index (κ1) is 14.7. The molecule has 0 aliphatic carbocycles. The summed E-state index contributed by atoms with van der Waals surface area (Å²) in [6, 6.07) is 20.4. The second kappa shape index (κ2) is 6.31. The van der Waals surface area contributed by atoms with Gasteiger partial charge in [-0.25, -0.2) is 4.98 Å². The summed E-state index contributed by atoms with van der Waals surface area (Å²) in [5.41, 5.74) is 3.76. The van der Waals surface area contributed by atoms with E-state index in [2.05, 4.69) is 40.6 Å². The van der Waals surface area contributed by atoms with E-state index in [1.807, 2.05) is 30.3 Å². The van der Waals surface area contributed by atoms with E-state index >= 15 is 0 Å². The molecule has 1 N–H and O–H groups in total. The molecule has 0 bridgehead atoms. The van der Waals surface area contributed by atoms with E-state index in [9.17, 15) is 0 Å². The highest BCUT2D eigenvalue weighted by atomic mass is 15.2. The number of fused-ring (bicyclic) bond motifs is 1. The predicted octanol–water partition coefficient (Wildman–Crippen LogP) is 3.18. The summed E-state index contributed by atoms with van der Waals surface area (Å²) in [7, 11) is 0. The lowest BCUT2D eigenvalue weighted by Crippen LogP contribution is -2.43. The summed E-state index contributed by atoms with van der Waals surface area (Å²) in [5, 5.41) is 13.6. The zero-order chi connectivity index (χ0) is 16.4. The minimum atomic E-state index is 0.669. The topological polar surface area (TPSA) is 52.0 Å². The van der Waals surface area contributed by atoms with Crippen LogP contribution < -0.4 is 10.2 Å². The van der Waals surface area contributed by atoms with Gasteiger partial charge in [0.2, 0.25) is 0 Å². The van der Waals surface area contributed by atoms with Crippen LogP contribution in [0.3, 0.4) is 0 Å². The summed E-state index contributed by atoms with van der Waals surface area (Å²) in [4.78, 5) is 7.26. The molecular weight excluding hydrogens is 296 g/mol. The van der Waals surface area contributed by atoms with Gasteiger partial charge in [-0.15, -0.1) is 0 Å². The minimum Gasteiger partial charge on any atom is -0.354 e. The lowest BCUT2D eigenvalue weighted by atomic mass is 10.0. The maximum absolute atomic E-state index is 9.16. The second-order valence-corrected chi connectivity index (χ2v) is 5.98. The molecule has 0 spiro atoms. The van der Waals surface area contributed by atoms with Crippen LogP contribution in [0.15, 0.2) is 54.6 Å². The number of nitriles is 1. The van der Waals surface area contributed by atoms with Gasteiger partial charge in [0.05, 0.1) is 17.1 Å². The Balaban J connectivity index is 1.84. The second-order valence-electron chi connectivity index (χ2n) is 5.98. The van der Waals surface area contributed by atoms with Gasteiger partial charge in [0.1, 0.15) is 5.82 Å². The van der Waals surface area contributed by atoms with Gasteiger partial charge in [0.15, 0.2) is 0 Å². The number of nitrogens with one attached hydrogen (secondary N) is 1. The van der Waals surface area contributed by atoms with Crippen molar-refractivity contribution in [1.82, 2.24) is 10.3 Å². The van der Waals surface area contributed by atoms with Crippen LogP contribution in [0.4, 0.5) is 5.82 Å². The summed E-state index contributed by atoms with van der Waals surface area (Å²) in [6.45, 7) is 3.94. The number of rotatable bonds is 2. The third kappa shape index (κ3) is 2.70. The van der Waals surface area contributed by atoms with Gasteiger partial charge in [-0.1, -0.05) is 30.3 Å². The molecule has 4 nitrogen and oxygen atoms in total. The van der Waals surface area contributed by atoms with E-state index in [-0.39, 0.29) is 0 Å². The number of pyridine rings is 1. The van der Waals surface area contributed by atoms with Crippen molar-refractivity contribution in [2.75, 3.05) is 31.1 Å². The SMILES string of the molecule is N#Cc1cccc(-c2cccc3ccc(N4CCNCC4)nc23)c1. The van der Waals surface area contributed by atoms with Crippen molar-refractivity contribution in [3.05, 3.63) is 60.2 Å². The summed E-state index contributed by atoms with van der Waals surface area (Å²) in [6.07, 6.45) is 0. The van der Waals surface area contributed by atoms with Crippen LogP contribution >= 0.6 is 0 Å². The van der Waals surface area contributed by atoms with Crippen molar-refractivity contribution in [3.63, 3.8) is 0 Å². The quantitative estimate of drug-likeness (QED) is 0.789. The molecule has 24 heavy (non-hydrogen) atoms. The zero-order valence-corrected chi connectivity index (χ0v) is 13.4. The van der Waals surface area contributed by atoms with Crippen LogP contribution in [0.5, 0.6) is 0 Å². The molecular formula is C20H18N4. The van der Waals surface area contributed by atoms with Crippen molar-refractivity contribution >= 4 is 16.7 Å². The molecule has 3 aromatic rings. The molecule has 2 heterocycles. The number of hydrogen-bond acceptors (Lipinski definition) is 4. The number of piperazine rings is 1. The molecule has 0 amide bonds. The average Bonchev–Trinajstić information content (AvgIpc) is 2.68. The number of benzene rings is 2. The molecule has 4 heteroatoms. The molecule has 0 atom stereocenters. The van der Waals surface area contributed by atoms with Gasteiger partial charge in [-0.3, -0.25) is 0 Å². The molecule has 1 aliphatic heterocycles. The predicted molar refractivity (Wildman–Crippen MR) is 97.0 cm³/mol. The fourth-order valence-corrected chi connectivity index (χ4v) is 3.20. The van der Waals surface area contributed by atoms with Gasteiger partial charge in [-0.2, -0.15) is 5.26 Å².